The van der Waals surface area contributed by atoms with Crippen LogP contribution in [0.1, 0.15) is 6.42 Å². The Kier molecular flexibility index (Phi) is 6.25. The molecule has 0 radical (unpaired) electrons. The molecule has 1 heterocycles. The van der Waals surface area contributed by atoms with Crippen molar-refractivity contribution in [2.24, 2.45) is 0 Å². The number of para-hydroxylation sites is 1. The van der Waals surface area contributed by atoms with Crippen LogP contribution < -0.4 is 4.72 Å². The highest BCUT2D eigenvalue weighted by atomic mass is 32.2. The molecule has 1 saturated heterocycles. The number of morpholine rings is 1. The predicted molar refractivity (Wildman–Crippen MR) is 78.8 cm³/mol. The van der Waals surface area contributed by atoms with Crippen molar-refractivity contribution in [2.75, 3.05) is 39.4 Å². The molecule has 0 unspecified atom stereocenters. The summed E-state index contributed by atoms with van der Waals surface area (Å²) in [7, 11) is 0. The molecule has 2 rings (SSSR count). The van der Waals surface area contributed by atoms with E-state index in [0.717, 1.165) is 45.8 Å². The summed E-state index contributed by atoms with van der Waals surface area (Å²) in [6.07, 6.45) is 1.02. The molecule has 1 aromatic rings. The highest BCUT2D eigenvalue weighted by Crippen LogP contribution is 2.26. The number of nitro groups is 1. The van der Waals surface area contributed by atoms with E-state index in [2.05, 4.69) is 9.62 Å². The Morgan fingerprint density at radius 1 is 1.35 bits per heavy atom. The van der Waals surface area contributed by atoms with Crippen LogP contribution in [0.2, 0.25) is 0 Å². The molecular weight excluding hydrogens is 278 g/mol. The molecule has 0 aromatic heterocycles. The summed E-state index contributed by atoms with van der Waals surface area (Å²) in [4.78, 5) is 13.5. The van der Waals surface area contributed by atoms with Crippen LogP contribution in [0.5, 0.6) is 0 Å². The van der Waals surface area contributed by atoms with Crippen LogP contribution in [0.4, 0.5) is 5.69 Å². The summed E-state index contributed by atoms with van der Waals surface area (Å²) >= 11 is 1.33. The summed E-state index contributed by atoms with van der Waals surface area (Å²) in [5.74, 6) is 0. The van der Waals surface area contributed by atoms with Gasteiger partial charge in [0.05, 0.1) is 18.1 Å². The van der Waals surface area contributed by atoms with E-state index < -0.39 is 0 Å². The van der Waals surface area contributed by atoms with Crippen molar-refractivity contribution in [3.8, 4) is 0 Å². The second-order valence-electron chi connectivity index (χ2n) is 4.53. The second-order valence-corrected chi connectivity index (χ2v) is 5.46. The van der Waals surface area contributed by atoms with Gasteiger partial charge >= 0.3 is 0 Å². The van der Waals surface area contributed by atoms with Crippen LogP contribution in [0.15, 0.2) is 29.2 Å². The zero-order valence-corrected chi connectivity index (χ0v) is 12.1. The molecular formula is C13H19N3O3S. The third kappa shape index (κ3) is 4.75. The lowest BCUT2D eigenvalue weighted by Crippen LogP contribution is -2.37. The van der Waals surface area contributed by atoms with Gasteiger partial charge in [-0.15, -0.1) is 0 Å². The Labute approximate surface area is 122 Å². The van der Waals surface area contributed by atoms with Gasteiger partial charge in [-0.1, -0.05) is 12.1 Å². The van der Waals surface area contributed by atoms with Gasteiger partial charge in [-0.3, -0.25) is 19.7 Å². The summed E-state index contributed by atoms with van der Waals surface area (Å²) in [5.41, 5.74) is 0.151. The lowest BCUT2D eigenvalue weighted by atomic mass is 10.3. The summed E-state index contributed by atoms with van der Waals surface area (Å²) in [5, 5.41) is 10.9. The predicted octanol–water partition coefficient (Wildman–Crippen LogP) is 1.91. The normalized spacial score (nSPS) is 16.2. The Morgan fingerprint density at radius 3 is 2.85 bits per heavy atom. The quantitative estimate of drug-likeness (QED) is 0.359. The fourth-order valence-electron chi connectivity index (χ4n) is 2.02. The van der Waals surface area contributed by atoms with Crippen molar-refractivity contribution >= 4 is 17.6 Å². The van der Waals surface area contributed by atoms with Gasteiger partial charge in [0.1, 0.15) is 4.90 Å². The molecule has 1 N–H and O–H groups in total. The van der Waals surface area contributed by atoms with Crippen molar-refractivity contribution in [1.82, 2.24) is 9.62 Å². The van der Waals surface area contributed by atoms with E-state index in [-0.39, 0.29) is 10.6 Å². The monoisotopic (exact) mass is 297 g/mol. The molecule has 0 amide bonds. The first kappa shape index (κ1) is 15.2. The van der Waals surface area contributed by atoms with E-state index in [0.29, 0.717) is 4.90 Å². The first-order chi connectivity index (χ1) is 9.77. The van der Waals surface area contributed by atoms with E-state index in [1.54, 1.807) is 12.1 Å². The van der Waals surface area contributed by atoms with Gasteiger partial charge < -0.3 is 4.74 Å². The number of hydrogen-bond donors (Lipinski definition) is 1. The van der Waals surface area contributed by atoms with Gasteiger partial charge in [-0.25, -0.2) is 0 Å². The maximum absolute atomic E-state index is 10.9. The Bertz CT molecular complexity index is 439. The minimum atomic E-state index is -0.349. The fraction of sp³-hybridized carbons (Fsp3) is 0.538. The summed E-state index contributed by atoms with van der Waals surface area (Å²) < 4.78 is 8.49. The fourth-order valence-corrected chi connectivity index (χ4v) is 2.82. The van der Waals surface area contributed by atoms with E-state index in [4.69, 9.17) is 4.74 Å². The van der Waals surface area contributed by atoms with E-state index >= 15 is 0 Å². The van der Waals surface area contributed by atoms with Crippen LogP contribution in [0.25, 0.3) is 0 Å². The molecule has 1 fully saturated rings. The molecule has 7 heteroatoms. The summed E-state index contributed by atoms with van der Waals surface area (Å²) in [6, 6.07) is 6.78. The van der Waals surface area contributed by atoms with Crippen LogP contribution in [0.3, 0.4) is 0 Å². The topological polar surface area (TPSA) is 67.6 Å². The molecule has 20 heavy (non-hydrogen) atoms. The lowest BCUT2D eigenvalue weighted by molar-refractivity contribution is -0.387. The highest BCUT2D eigenvalue weighted by molar-refractivity contribution is 7.97. The smallest absolute Gasteiger partial charge is 0.284 e. The minimum absolute atomic E-state index is 0.151. The highest BCUT2D eigenvalue weighted by Gasteiger charge is 2.13. The average Bonchev–Trinajstić information content (AvgIpc) is 2.48. The molecule has 110 valence electrons. The molecule has 1 aromatic carbocycles. The van der Waals surface area contributed by atoms with Crippen LogP contribution in [-0.2, 0) is 4.74 Å². The largest absolute Gasteiger partial charge is 0.379 e. The van der Waals surface area contributed by atoms with Crippen molar-refractivity contribution in [3.63, 3.8) is 0 Å². The zero-order chi connectivity index (χ0) is 14.2. The number of hydrogen-bond acceptors (Lipinski definition) is 6. The van der Waals surface area contributed by atoms with E-state index in [1.807, 2.05) is 6.07 Å². The molecule has 0 spiro atoms. The molecule has 0 saturated carbocycles. The Morgan fingerprint density at radius 2 is 2.10 bits per heavy atom. The average molecular weight is 297 g/mol. The molecule has 1 aliphatic rings. The first-order valence-electron chi connectivity index (χ1n) is 6.70. The zero-order valence-electron chi connectivity index (χ0n) is 11.3. The first-order valence-corrected chi connectivity index (χ1v) is 7.52. The van der Waals surface area contributed by atoms with Gasteiger partial charge in [-0.2, -0.15) is 0 Å². The van der Waals surface area contributed by atoms with Gasteiger partial charge in [-0.05, 0) is 31.0 Å². The number of nitro benzene ring substituents is 1. The van der Waals surface area contributed by atoms with Crippen molar-refractivity contribution in [2.45, 2.75) is 11.3 Å². The van der Waals surface area contributed by atoms with Gasteiger partial charge in [0, 0.05) is 25.7 Å². The molecule has 0 aliphatic carbocycles. The number of nitrogens with zero attached hydrogens (tertiary/aromatic N) is 2. The number of nitrogens with one attached hydrogen (secondary N) is 1. The van der Waals surface area contributed by atoms with Gasteiger partial charge in [0.15, 0.2) is 0 Å². The number of ether oxygens (including phenoxy) is 1. The maximum atomic E-state index is 10.9. The SMILES string of the molecule is O=[N+]([O-])c1ccccc1SNCCCN1CCOCC1. The second kappa shape index (κ2) is 8.21. The van der Waals surface area contributed by atoms with Crippen LogP contribution >= 0.6 is 11.9 Å². The maximum Gasteiger partial charge on any atom is 0.284 e. The minimum Gasteiger partial charge on any atom is -0.379 e. The molecule has 0 atom stereocenters. The standard InChI is InChI=1S/C13H19N3O3S/c17-16(18)12-4-1-2-5-13(12)20-14-6-3-7-15-8-10-19-11-9-15/h1-2,4-5,14H,3,6-11H2. The molecule has 6 nitrogen and oxygen atoms in total. The van der Waals surface area contributed by atoms with Gasteiger partial charge in [0.2, 0.25) is 0 Å². The van der Waals surface area contributed by atoms with Crippen molar-refractivity contribution in [1.29, 1.82) is 0 Å². The number of benzene rings is 1. The lowest BCUT2D eigenvalue weighted by Gasteiger charge is -2.26. The van der Waals surface area contributed by atoms with Crippen LogP contribution in [-0.4, -0.2) is 49.2 Å². The van der Waals surface area contributed by atoms with Gasteiger partial charge in [0.25, 0.3) is 5.69 Å². The Balaban J connectivity index is 1.67. The van der Waals surface area contributed by atoms with Crippen LogP contribution in [0, 0.1) is 10.1 Å². The van der Waals surface area contributed by atoms with E-state index in [1.165, 1.54) is 18.0 Å². The third-order valence-corrected chi connectivity index (χ3v) is 4.01. The number of rotatable bonds is 7. The van der Waals surface area contributed by atoms with E-state index in [9.17, 15) is 10.1 Å². The summed E-state index contributed by atoms with van der Waals surface area (Å²) in [6.45, 7) is 5.49. The third-order valence-electron chi connectivity index (χ3n) is 3.10. The van der Waals surface area contributed by atoms with Crippen molar-refractivity contribution < 1.29 is 9.66 Å². The molecule has 0 bridgehead atoms. The molecule has 1 aliphatic heterocycles. The Hall–Kier alpha value is -1.15. The van der Waals surface area contributed by atoms with Crippen molar-refractivity contribution in [3.05, 3.63) is 34.4 Å².